The fourth-order valence-electron chi connectivity index (χ4n) is 5.08. The Labute approximate surface area is 195 Å². The van der Waals surface area contributed by atoms with Crippen LogP contribution in [0.25, 0.3) is 0 Å². The van der Waals surface area contributed by atoms with Crippen molar-refractivity contribution in [2.45, 2.75) is 64.3 Å². The quantitative estimate of drug-likeness (QED) is 0.439. The zero-order chi connectivity index (χ0) is 22.8. The lowest BCUT2D eigenvalue weighted by molar-refractivity contribution is -0.142. The minimum Gasteiger partial charge on any atom is -0.481 e. The van der Waals surface area contributed by atoms with Crippen molar-refractivity contribution in [2.75, 3.05) is 0 Å². The van der Waals surface area contributed by atoms with Crippen LogP contribution in [0.2, 0.25) is 5.02 Å². The van der Waals surface area contributed by atoms with Gasteiger partial charge in [-0.1, -0.05) is 67.9 Å². The molecule has 1 aromatic heterocycles. The number of imidazole rings is 1. The number of halogens is 1. The van der Waals surface area contributed by atoms with Crippen molar-refractivity contribution < 1.29 is 9.90 Å². The van der Waals surface area contributed by atoms with Gasteiger partial charge in [-0.3, -0.25) is 4.79 Å². The molecule has 4 rings (SSSR count). The van der Waals surface area contributed by atoms with Gasteiger partial charge in [-0.25, -0.2) is 4.98 Å². The van der Waals surface area contributed by atoms with Crippen molar-refractivity contribution in [1.29, 1.82) is 0 Å². The first kappa shape index (κ1) is 22.6. The van der Waals surface area contributed by atoms with Gasteiger partial charge in [0.1, 0.15) is 5.82 Å². The van der Waals surface area contributed by atoms with E-state index in [1.165, 1.54) is 0 Å². The Balaban J connectivity index is 1.81. The molecule has 168 valence electrons. The summed E-state index contributed by atoms with van der Waals surface area (Å²) in [6.45, 7) is 6.49. The maximum absolute atomic E-state index is 12.5. The van der Waals surface area contributed by atoms with Gasteiger partial charge in [-0.15, -0.1) is 0 Å². The van der Waals surface area contributed by atoms with E-state index >= 15 is 0 Å². The number of nitrogens with zero attached hydrogens (tertiary/aromatic N) is 2. The average Bonchev–Trinajstić information content (AvgIpc) is 3.18. The number of hydrogen-bond acceptors (Lipinski definition) is 2. The van der Waals surface area contributed by atoms with E-state index in [2.05, 4.69) is 37.5 Å². The summed E-state index contributed by atoms with van der Waals surface area (Å²) in [6.07, 6.45) is 3.27. The summed E-state index contributed by atoms with van der Waals surface area (Å²) in [5, 5.41) is 11.0. The monoisotopic (exact) mass is 450 g/mol. The second kappa shape index (κ2) is 9.50. The van der Waals surface area contributed by atoms with Crippen molar-refractivity contribution in [3.63, 3.8) is 0 Å². The number of aryl methyl sites for hydroxylation is 1. The molecule has 1 aliphatic rings. The van der Waals surface area contributed by atoms with Crippen molar-refractivity contribution >= 4 is 17.6 Å². The van der Waals surface area contributed by atoms with Gasteiger partial charge in [0.2, 0.25) is 0 Å². The van der Waals surface area contributed by atoms with Gasteiger partial charge in [0.25, 0.3) is 0 Å². The first-order valence-corrected chi connectivity index (χ1v) is 11.9. The normalized spacial score (nSPS) is 17.7. The highest BCUT2D eigenvalue weighted by Gasteiger charge is 2.38. The molecule has 3 aromatic rings. The number of hydrogen-bond donors (Lipinski definition) is 1. The first-order chi connectivity index (χ1) is 15.4. The highest BCUT2D eigenvalue weighted by molar-refractivity contribution is 6.30. The van der Waals surface area contributed by atoms with Gasteiger partial charge in [0.15, 0.2) is 0 Å². The Bertz CT molecular complexity index is 1070. The molecule has 0 fully saturated rings. The Morgan fingerprint density at radius 1 is 1.12 bits per heavy atom. The summed E-state index contributed by atoms with van der Waals surface area (Å²) in [5.41, 5.74) is 4.40. The standard InChI is InChI=1S/C27H31ClN2O2/c1-17(2)26-29-24-11-7-10-22(23(27(31)32)16-19-8-5-4-6-9-19)25(24)30(26)18(3)20-12-14-21(28)15-13-20/h4-6,8-9,12-15,17-18,22-23H,7,10-11,16H2,1-3H3,(H,31,32)/t18-,22?,23?/m0/s1. The number of aliphatic carboxylic acids is 1. The van der Waals surface area contributed by atoms with Crippen LogP contribution in [0, 0.1) is 5.92 Å². The largest absolute Gasteiger partial charge is 0.481 e. The molecule has 0 bridgehead atoms. The molecule has 2 aromatic carbocycles. The Morgan fingerprint density at radius 3 is 2.44 bits per heavy atom. The molecule has 32 heavy (non-hydrogen) atoms. The van der Waals surface area contributed by atoms with Gasteiger partial charge in [-0.05, 0) is 55.9 Å². The summed E-state index contributed by atoms with van der Waals surface area (Å²) in [7, 11) is 0. The van der Waals surface area contributed by atoms with Crippen LogP contribution in [0.1, 0.15) is 79.8 Å². The molecule has 0 saturated carbocycles. The summed E-state index contributed by atoms with van der Waals surface area (Å²) in [4.78, 5) is 17.6. The molecule has 0 spiro atoms. The lowest BCUT2D eigenvalue weighted by Crippen LogP contribution is -2.30. The lowest BCUT2D eigenvalue weighted by Gasteiger charge is -2.32. The van der Waals surface area contributed by atoms with Crippen molar-refractivity contribution in [1.82, 2.24) is 9.55 Å². The number of aromatic nitrogens is 2. The molecule has 0 aliphatic heterocycles. The second-order valence-electron chi connectivity index (χ2n) is 9.19. The van der Waals surface area contributed by atoms with Gasteiger partial charge in [-0.2, -0.15) is 0 Å². The van der Waals surface area contributed by atoms with E-state index in [1.54, 1.807) is 0 Å². The molecule has 3 atom stereocenters. The maximum Gasteiger partial charge on any atom is 0.307 e. The highest BCUT2D eigenvalue weighted by atomic mass is 35.5. The Morgan fingerprint density at radius 2 is 1.81 bits per heavy atom. The van der Waals surface area contributed by atoms with Crippen LogP contribution in [-0.4, -0.2) is 20.6 Å². The van der Waals surface area contributed by atoms with Crippen LogP contribution in [0.4, 0.5) is 0 Å². The third-order valence-corrected chi connectivity index (χ3v) is 6.94. The molecule has 0 saturated heterocycles. The predicted molar refractivity (Wildman–Crippen MR) is 129 cm³/mol. The fraction of sp³-hybridized carbons (Fsp3) is 0.407. The zero-order valence-corrected chi connectivity index (χ0v) is 19.7. The molecule has 0 amide bonds. The van der Waals surface area contributed by atoms with Crippen LogP contribution in [0.5, 0.6) is 0 Å². The van der Waals surface area contributed by atoms with Crippen LogP contribution in [-0.2, 0) is 17.6 Å². The third kappa shape index (κ3) is 4.47. The Kier molecular flexibility index (Phi) is 6.71. The SMILES string of the molecule is CC(C)c1nc2c(n1[C@@H](C)c1ccc(Cl)cc1)C(C(Cc1ccccc1)C(=O)O)CCC2. The molecule has 2 unspecified atom stereocenters. The minimum atomic E-state index is -0.732. The summed E-state index contributed by atoms with van der Waals surface area (Å²) in [6, 6.07) is 18.0. The van der Waals surface area contributed by atoms with Gasteiger partial charge < -0.3 is 9.67 Å². The van der Waals surface area contributed by atoms with Gasteiger partial charge in [0, 0.05) is 22.6 Å². The number of benzene rings is 2. The lowest BCUT2D eigenvalue weighted by atomic mass is 9.77. The topological polar surface area (TPSA) is 55.1 Å². The van der Waals surface area contributed by atoms with Crippen LogP contribution in [0.15, 0.2) is 54.6 Å². The number of carbonyl (C=O) groups is 1. The summed E-state index contributed by atoms with van der Waals surface area (Å²) < 4.78 is 2.33. The molecule has 1 N–H and O–H groups in total. The zero-order valence-electron chi connectivity index (χ0n) is 19.0. The van der Waals surface area contributed by atoms with E-state index in [9.17, 15) is 9.90 Å². The molecular formula is C27H31ClN2O2. The van der Waals surface area contributed by atoms with Crippen LogP contribution >= 0.6 is 11.6 Å². The first-order valence-electron chi connectivity index (χ1n) is 11.5. The molecule has 0 radical (unpaired) electrons. The number of carboxylic acids is 1. The maximum atomic E-state index is 12.5. The van der Waals surface area contributed by atoms with E-state index in [0.717, 1.165) is 47.6 Å². The van der Waals surface area contributed by atoms with E-state index in [1.807, 2.05) is 42.5 Å². The van der Waals surface area contributed by atoms with E-state index < -0.39 is 11.9 Å². The average molecular weight is 451 g/mol. The minimum absolute atomic E-state index is 0.0488. The fourth-order valence-corrected chi connectivity index (χ4v) is 5.21. The second-order valence-corrected chi connectivity index (χ2v) is 9.62. The number of rotatable bonds is 7. The van der Waals surface area contributed by atoms with E-state index in [0.29, 0.717) is 11.4 Å². The molecule has 1 heterocycles. The summed E-state index contributed by atoms with van der Waals surface area (Å²) >= 11 is 6.13. The highest BCUT2D eigenvalue weighted by Crippen LogP contribution is 2.42. The third-order valence-electron chi connectivity index (χ3n) is 6.69. The summed E-state index contributed by atoms with van der Waals surface area (Å²) in [5.74, 6) is 0.00170. The van der Waals surface area contributed by atoms with Crippen molar-refractivity contribution in [2.24, 2.45) is 5.92 Å². The van der Waals surface area contributed by atoms with Gasteiger partial charge >= 0.3 is 5.97 Å². The van der Waals surface area contributed by atoms with E-state index in [4.69, 9.17) is 16.6 Å². The predicted octanol–water partition coefficient (Wildman–Crippen LogP) is 6.63. The smallest absolute Gasteiger partial charge is 0.307 e. The molecular weight excluding hydrogens is 420 g/mol. The molecule has 4 nitrogen and oxygen atoms in total. The van der Waals surface area contributed by atoms with E-state index in [-0.39, 0.29) is 17.9 Å². The molecule has 5 heteroatoms. The number of carboxylic acid groups (broad SMARTS) is 1. The van der Waals surface area contributed by atoms with Crippen molar-refractivity contribution in [3.05, 3.63) is 88.0 Å². The molecule has 1 aliphatic carbocycles. The van der Waals surface area contributed by atoms with Crippen LogP contribution < -0.4 is 0 Å². The Hall–Kier alpha value is -2.59. The number of fused-ring (bicyclic) bond motifs is 1. The van der Waals surface area contributed by atoms with Crippen molar-refractivity contribution in [3.8, 4) is 0 Å². The van der Waals surface area contributed by atoms with Crippen LogP contribution in [0.3, 0.4) is 0 Å². The van der Waals surface area contributed by atoms with Gasteiger partial charge in [0.05, 0.1) is 17.7 Å².